The molecule has 2 N–H and O–H groups in total. The summed E-state index contributed by atoms with van der Waals surface area (Å²) in [6.45, 7) is 1.95. The third-order valence-electron chi connectivity index (χ3n) is 1.90. The Morgan fingerprint density at radius 2 is 2.08 bits per heavy atom. The normalized spacial score (nSPS) is 10.4. The van der Waals surface area contributed by atoms with E-state index in [4.69, 9.17) is 5.73 Å². The number of anilines is 1. The molecule has 0 amide bonds. The number of hydrogen-bond donors (Lipinski definition) is 1. The van der Waals surface area contributed by atoms with Gasteiger partial charge in [0, 0.05) is 11.1 Å². The highest BCUT2D eigenvalue weighted by atomic mass is 14.8. The number of aryl methyl sites for hydroxylation is 1. The van der Waals surface area contributed by atoms with Crippen molar-refractivity contribution in [3.05, 3.63) is 30.2 Å². The highest BCUT2D eigenvalue weighted by Gasteiger charge is 2.00. The van der Waals surface area contributed by atoms with Crippen molar-refractivity contribution in [3.63, 3.8) is 0 Å². The van der Waals surface area contributed by atoms with Gasteiger partial charge in [-0.3, -0.25) is 0 Å². The zero-order valence-corrected chi connectivity index (χ0v) is 6.78. The first-order valence-corrected chi connectivity index (χ1v) is 3.75. The SMILES string of the molecule is Cc1ncnc2c(N)cccc12. The van der Waals surface area contributed by atoms with E-state index in [1.807, 2.05) is 25.1 Å². The molecule has 0 saturated heterocycles. The van der Waals surface area contributed by atoms with Gasteiger partial charge in [0.1, 0.15) is 6.33 Å². The lowest BCUT2D eigenvalue weighted by atomic mass is 10.2. The van der Waals surface area contributed by atoms with Gasteiger partial charge in [0.25, 0.3) is 0 Å². The van der Waals surface area contributed by atoms with Gasteiger partial charge in [0.2, 0.25) is 0 Å². The maximum Gasteiger partial charge on any atom is 0.116 e. The quantitative estimate of drug-likeness (QED) is 0.593. The van der Waals surface area contributed by atoms with E-state index in [9.17, 15) is 0 Å². The zero-order chi connectivity index (χ0) is 8.55. The van der Waals surface area contributed by atoms with Crippen LogP contribution in [0.4, 0.5) is 5.69 Å². The number of benzene rings is 1. The molecule has 12 heavy (non-hydrogen) atoms. The van der Waals surface area contributed by atoms with E-state index >= 15 is 0 Å². The topological polar surface area (TPSA) is 51.8 Å². The van der Waals surface area contributed by atoms with E-state index < -0.39 is 0 Å². The Bertz CT molecular complexity index is 382. The summed E-state index contributed by atoms with van der Waals surface area (Å²) in [6.07, 6.45) is 1.54. The summed E-state index contributed by atoms with van der Waals surface area (Å²) >= 11 is 0. The Kier molecular flexibility index (Phi) is 1.43. The van der Waals surface area contributed by atoms with E-state index in [1.54, 1.807) is 0 Å². The van der Waals surface area contributed by atoms with Crippen LogP contribution in [0.5, 0.6) is 0 Å². The number of para-hydroxylation sites is 1. The number of nitrogens with two attached hydrogens (primary N) is 1. The first-order valence-electron chi connectivity index (χ1n) is 3.75. The fourth-order valence-electron chi connectivity index (χ4n) is 1.24. The molecule has 3 heteroatoms. The summed E-state index contributed by atoms with van der Waals surface area (Å²) in [5.41, 5.74) is 8.24. The van der Waals surface area contributed by atoms with Crippen LogP contribution in [0.1, 0.15) is 5.69 Å². The predicted molar refractivity (Wildman–Crippen MR) is 48.7 cm³/mol. The number of nitrogens with zero attached hydrogens (tertiary/aromatic N) is 2. The zero-order valence-electron chi connectivity index (χ0n) is 6.78. The van der Waals surface area contributed by atoms with Crippen molar-refractivity contribution >= 4 is 16.6 Å². The van der Waals surface area contributed by atoms with Crippen LogP contribution >= 0.6 is 0 Å². The molecule has 0 unspecified atom stereocenters. The van der Waals surface area contributed by atoms with E-state index in [0.29, 0.717) is 5.69 Å². The maximum atomic E-state index is 5.73. The average molecular weight is 159 g/mol. The molecule has 3 nitrogen and oxygen atoms in total. The van der Waals surface area contributed by atoms with Crippen LogP contribution in [-0.4, -0.2) is 9.97 Å². The molecule has 0 aliphatic rings. The third-order valence-corrected chi connectivity index (χ3v) is 1.90. The Balaban J connectivity index is 2.94. The first-order chi connectivity index (χ1) is 5.79. The summed E-state index contributed by atoms with van der Waals surface area (Å²) < 4.78 is 0. The molecular formula is C9H9N3. The van der Waals surface area contributed by atoms with Crippen molar-refractivity contribution in [2.75, 3.05) is 5.73 Å². The minimum absolute atomic E-state index is 0.706. The Morgan fingerprint density at radius 1 is 1.25 bits per heavy atom. The molecule has 0 saturated carbocycles. The minimum atomic E-state index is 0.706. The maximum absolute atomic E-state index is 5.73. The molecule has 0 aliphatic heterocycles. The molecule has 1 heterocycles. The number of hydrogen-bond acceptors (Lipinski definition) is 3. The van der Waals surface area contributed by atoms with Gasteiger partial charge in [0.05, 0.1) is 11.2 Å². The molecule has 0 radical (unpaired) electrons. The van der Waals surface area contributed by atoms with Crippen molar-refractivity contribution in [1.82, 2.24) is 9.97 Å². The standard InChI is InChI=1S/C9H9N3/c1-6-7-3-2-4-8(10)9(7)12-5-11-6/h2-5H,10H2,1H3. The van der Waals surface area contributed by atoms with Gasteiger partial charge in [-0.05, 0) is 13.0 Å². The van der Waals surface area contributed by atoms with Gasteiger partial charge in [-0.1, -0.05) is 12.1 Å². The lowest BCUT2D eigenvalue weighted by Gasteiger charge is -2.01. The Labute approximate surface area is 70.3 Å². The van der Waals surface area contributed by atoms with Crippen LogP contribution in [0, 0.1) is 6.92 Å². The molecule has 1 aromatic heterocycles. The van der Waals surface area contributed by atoms with Crippen molar-refractivity contribution in [2.45, 2.75) is 6.92 Å². The number of rotatable bonds is 0. The van der Waals surface area contributed by atoms with Gasteiger partial charge < -0.3 is 5.73 Å². The van der Waals surface area contributed by atoms with Crippen molar-refractivity contribution in [1.29, 1.82) is 0 Å². The fraction of sp³-hybridized carbons (Fsp3) is 0.111. The summed E-state index contributed by atoms with van der Waals surface area (Å²) in [7, 11) is 0. The summed E-state index contributed by atoms with van der Waals surface area (Å²) in [5.74, 6) is 0. The summed E-state index contributed by atoms with van der Waals surface area (Å²) in [4.78, 5) is 8.19. The fourth-order valence-corrected chi connectivity index (χ4v) is 1.24. The molecule has 2 rings (SSSR count). The van der Waals surface area contributed by atoms with Crippen LogP contribution in [-0.2, 0) is 0 Å². The lowest BCUT2D eigenvalue weighted by molar-refractivity contribution is 1.15. The number of fused-ring (bicyclic) bond motifs is 1. The molecule has 60 valence electrons. The van der Waals surface area contributed by atoms with E-state index in [1.165, 1.54) is 6.33 Å². The summed E-state index contributed by atoms with van der Waals surface area (Å²) in [6, 6.07) is 5.73. The van der Waals surface area contributed by atoms with Crippen molar-refractivity contribution < 1.29 is 0 Å². The van der Waals surface area contributed by atoms with Gasteiger partial charge in [-0.2, -0.15) is 0 Å². The average Bonchev–Trinajstić information content (AvgIpc) is 2.07. The van der Waals surface area contributed by atoms with E-state index in [-0.39, 0.29) is 0 Å². The van der Waals surface area contributed by atoms with E-state index in [2.05, 4.69) is 9.97 Å². The second-order valence-corrected chi connectivity index (χ2v) is 2.70. The molecule has 0 fully saturated rings. The molecule has 0 aliphatic carbocycles. The van der Waals surface area contributed by atoms with Crippen molar-refractivity contribution in [3.8, 4) is 0 Å². The summed E-state index contributed by atoms with van der Waals surface area (Å²) in [5, 5.41) is 1.03. The monoisotopic (exact) mass is 159 g/mol. The van der Waals surface area contributed by atoms with Gasteiger partial charge >= 0.3 is 0 Å². The molecule has 0 spiro atoms. The largest absolute Gasteiger partial charge is 0.397 e. The molecule has 1 aromatic carbocycles. The van der Waals surface area contributed by atoms with Crippen LogP contribution in [0.3, 0.4) is 0 Å². The Hall–Kier alpha value is -1.64. The second kappa shape index (κ2) is 2.44. The van der Waals surface area contributed by atoms with Gasteiger partial charge in [0.15, 0.2) is 0 Å². The van der Waals surface area contributed by atoms with Crippen LogP contribution in [0.25, 0.3) is 10.9 Å². The highest BCUT2D eigenvalue weighted by molar-refractivity contribution is 5.90. The molecule has 2 aromatic rings. The van der Waals surface area contributed by atoms with Crippen LogP contribution in [0.15, 0.2) is 24.5 Å². The van der Waals surface area contributed by atoms with Crippen LogP contribution < -0.4 is 5.73 Å². The highest BCUT2D eigenvalue weighted by Crippen LogP contribution is 2.18. The smallest absolute Gasteiger partial charge is 0.116 e. The minimum Gasteiger partial charge on any atom is -0.397 e. The number of aromatic nitrogens is 2. The van der Waals surface area contributed by atoms with E-state index in [0.717, 1.165) is 16.6 Å². The Morgan fingerprint density at radius 3 is 2.83 bits per heavy atom. The van der Waals surface area contributed by atoms with Gasteiger partial charge in [-0.25, -0.2) is 9.97 Å². The third kappa shape index (κ3) is 0.906. The number of nitrogen functional groups attached to an aromatic ring is 1. The molecular weight excluding hydrogens is 150 g/mol. The predicted octanol–water partition coefficient (Wildman–Crippen LogP) is 1.52. The lowest BCUT2D eigenvalue weighted by Crippen LogP contribution is -1.92. The molecule has 0 bridgehead atoms. The van der Waals surface area contributed by atoms with Crippen molar-refractivity contribution in [2.24, 2.45) is 0 Å². The second-order valence-electron chi connectivity index (χ2n) is 2.70. The van der Waals surface area contributed by atoms with Gasteiger partial charge in [-0.15, -0.1) is 0 Å². The first kappa shape index (κ1) is 7.03. The van der Waals surface area contributed by atoms with Crippen LogP contribution in [0.2, 0.25) is 0 Å². The molecule has 0 atom stereocenters.